The Morgan fingerprint density at radius 2 is 1.00 bits per heavy atom. The molecule has 4 aromatic carbocycles. The molecule has 0 atom stereocenters. The Hall–Kier alpha value is -2.84. The van der Waals surface area contributed by atoms with Crippen molar-refractivity contribution in [2.24, 2.45) is 0 Å². The minimum Gasteiger partial charge on any atom is -0.507 e. The molecule has 0 heterocycles. The fourth-order valence-corrected chi connectivity index (χ4v) is 5.44. The number of phenolic OH excluding ortho intramolecular Hbond substituents is 1. The fourth-order valence-electron chi connectivity index (χ4n) is 5.10. The van der Waals surface area contributed by atoms with Crippen LogP contribution in [0.3, 0.4) is 0 Å². The first-order chi connectivity index (χ1) is 13.2. The summed E-state index contributed by atoms with van der Waals surface area (Å²) in [6.07, 6.45) is 0. The van der Waals surface area contributed by atoms with Crippen LogP contribution in [0.5, 0.6) is 5.75 Å². The van der Waals surface area contributed by atoms with Gasteiger partial charge in [0.05, 0.1) is 9.89 Å². The number of fused-ring (bicyclic) bond motifs is 10. The average molecular weight is 411 g/mol. The van der Waals surface area contributed by atoms with E-state index in [4.69, 9.17) is 0 Å². The maximum absolute atomic E-state index is 10.6. The third-order valence-electron chi connectivity index (χ3n) is 6.06. The molecule has 128 valence electrons. The quantitative estimate of drug-likeness (QED) is 0.303. The van der Waals surface area contributed by atoms with Gasteiger partial charge in [0.25, 0.3) is 0 Å². The van der Waals surface area contributed by atoms with Crippen molar-refractivity contribution in [3.05, 3.63) is 112 Å². The van der Waals surface area contributed by atoms with E-state index in [1.165, 1.54) is 38.9 Å². The van der Waals surface area contributed by atoms with Gasteiger partial charge in [0, 0.05) is 0 Å². The second kappa shape index (κ2) is 5.11. The topological polar surface area (TPSA) is 20.2 Å². The second-order valence-corrected chi connectivity index (χ2v) is 8.09. The van der Waals surface area contributed by atoms with Crippen molar-refractivity contribution in [3.8, 4) is 28.0 Å². The summed E-state index contributed by atoms with van der Waals surface area (Å²) in [5, 5.41) is 10.6. The Balaban J connectivity index is 1.88. The summed E-state index contributed by atoms with van der Waals surface area (Å²) in [6, 6.07) is 30.0. The van der Waals surface area contributed by atoms with Gasteiger partial charge in [-0.1, -0.05) is 72.8 Å². The lowest BCUT2D eigenvalue weighted by Crippen LogP contribution is -2.25. The Morgan fingerprint density at radius 1 is 0.556 bits per heavy atom. The molecule has 0 saturated heterocycles. The van der Waals surface area contributed by atoms with E-state index in [1.54, 1.807) is 0 Å². The molecule has 1 spiro atoms. The molecule has 2 aliphatic rings. The Kier molecular flexibility index (Phi) is 2.89. The summed E-state index contributed by atoms with van der Waals surface area (Å²) in [5.74, 6) is 0.280. The van der Waals surface area contributed by atoms with Crippen LogP contribution < -0.4 is 0 Å². The van der Waals surface area contributed by atoms with Gasteiger partial charge in [0.2, 0.25) is 0 Å². The van der Waals surface area contributed by atoms with Crippen LogP contribution in [-0.4, -0.2) is 5.11 Å². The van der Waals surface area contributed by atoms with Crippen LogP contribution in [0.1, 0.15) is 22.3 Å². The summed E-state index contributed by atoms with van der Waals surface area (Å²) in [7, 11) is 0. The van der Waals surface area contributed by atoms with E-state index in [0.717, 1.165) is 10.0 Å². The van der Waals surface area contributed by atoms with Crippen molar-refractivity contribution in [1.82, 2.24) is 0 Å². The Bertz CT molecular complexity index is 1210. The third kappa shape index (κ3) is 1.70. The van der Waals surface area contributed by atoms with Crippen LogP contribution in [0.4, 0.5) is 0 Å². The molecule has 0 unspecified atom stereocenters. The summed E-state index contributed by atoms with van der Waals surface area (Å²) in [4.78, 5) is 0. The molecule has 0 aromatic heterocycles. The van der Waals surface area contributed by atoms with Crippen LogP contribution in [0, 0.1) is 0 Å². The molecule has 27 heavy (non-hydrogen) atoms. The predicted molar refractivity (Wildman–Crippen MR) is 112 cm³/mol. The Morgan fingerprint density at radius 3 is 1.52 bits per heavy atom. The SMILES string of the molecule is Oc1cc2c(cc1Br)-c1ccccc1C21c2ccccc2-c2ccccc21. The van der Waals surface area contributed by atoms with Crippen LogP contribution in [0.25, 0.3) is 22.3 Å². The fraction of sp³-hybridized carbons (Fsp3) is 0.0400. The van der Waals surface area contributed by atoms with Gasteiger partial charge in [0.1, 0.15) is 5.75 Å². The Labute approximate surface area is 166 Å². The highest BCUT2D eigenvalue weighted by Gasteiger charge is 2.51. The molecule has 0 aliphatic heterocycles. The van der Waals surface area contributed by atoms with Gasteiger partial charge in [-0.25, -0.2) is 0 Å². The van der Waals surface area contributed by atoms with Gasteiger partial charge in [-0.2, -0.15) is 0 Å². The van der Waals surface area contributed by atoms with E-state index >= 15 is 0 Å². The van der Waals surface area contributed by atoms with Crippen molar-refractivity contribution >= 4 is 15.9 Å². The summed E-state index contributed by atoms with van der Waals surface area (Å²) in [5.41, 5.74) is 9.62. The molecule has 1 nitrogen and oxygen atoms in total. The smallest absolute Gasteiger partial charge is 0.130 e. The van der Waals surface area contributed by atoms with Gasteiger partial charge in [0.15, 0.2) is 0 Å². The summed E-state index contributed by atoms with van der Waals surface area (Å²) in [6.45, 7) is 0. The first-order valence-electron chi connectivity index (χ1n) is 9.05. The zero-order valence-corrected chi connectivity index (χ0v) is 16.0. The zero-order chi connectivity index (χ0) is 18.2. The highest BCUT2D eigenvalue weighted by Crippen LogP contribution is 2.63. The summed E-state index contributed by atoms with van der Waals surface area (Å²) >= 11 is 3.51. The lowest BCUT2D eigenvalue weighted by Gasteiger charge is -2.30. The molecule has 6 rings (SSSR count). The first-order valence-corrected chi connectivity index (χ1v) is 9.84. The molecule has 0 fully saturated rings. The third-order valence-corrected chi connectivity index (χ3v) is 6.70. The number of phenols is 1. The molecule has 0 bridgehead atoms. The largest absolute Gasteiger partial charge is 0.507 e. The minimum atomic E-state index is -0.378. The van der Waals surface area contributed by atoms with Crippen molar-refractivity contribution < 1.29 is 5.11 Å². The van der Waals surface area contributed by atoms with E-state index in [-0.39, 0.29) is 11.2 Å². The van der Waals surface area contributed by atoms with Crippen LogP contribution >= 0.6 is 15.9 Å². The van der Waals surface area contributed by atoms with Crippen molar-refractivity contribution in [3.63, 3.8) is 0 Å². The van der Waals surface area contributed by atoms with E-state index in [0.29, 0.717) is 0 Å². The van der Waals surface area contributed by atoms with Crippen LogP contribution in [0.2, 0.25) is 0 Å². The lowest BCUT2D eigenvalue weighted by atomic mass is 9.70. The molecule has 1 N–H and O–H groups in total. The van der Waals surface area contributed by atoms with Crippen molar-refractivity contribution in [2.45, 2.75) is 5.41 Å². The highest BCUT2D eigenvalue weighted by molar-refractivity contribution is 9.10. The molecular weight excluding hydrogens is 396 g/mol. The molecule has 0 saturated carbocycles. The molecule has 0 amide bonds. The maximum atomic E-state index is 10.6. The predicted octanol–water partition coefficient (Wildman–Crippen LogP) is 6.50. The molecule has 2 heteroatoms. The summed E-state index contributed by atoms with van der Waals surface area (Å²) < 4.78 is 0.729. The van der Waals surface area contributed by atoms with Gasteiger partial charge >= 0.3 is 0 Å². The molecule has 0 radical (unpaired) electrons. The van der Waals surface area contributed by atoms with Crippen LogP contribution in [0.15, 0.2) is 89.4 Å². The number of benzene rings is 4. The van der Waals surface area contributed by atoms with Crippen molar-refractivity contribution in [2.75, 3.05) is 0 Å². The number of hydrogen-bond acceptors (Lipinski definition) is 1. The standard InChI is InChI=1S/C25H15BrO/c26-23-13-18-17-9-3-6-12-21(17)25(22(18)14-24(23)27)19-10-4-1-7-15(19)16-8-2-5-11-20(16)25/h1-14,27H. The van der Waals surface area contributed by atoms with E-state index in [2.05, 4.69) is 94.8 Å². The number of rotatable bonds is 0. The monoisotopic (exact) mass is 410 g/mol. The highest BCUT2D eigenvalue weighted by atomic mass is 79.9. The van der Waals surface area contributed by atoms with E-state index in [9.17, 15) is 5.11 Å². The second-order valence-electron chi connectivity index (χ2n) is 7.24. The van der Waals surface area contributed by atoms with Gasteiger partial charge < -0.3 is 5.11 Å². The van der Waals surface area contributed by atoms with E-state index < -0.39 is 0 Å². The van der Waals surface area contributed by atoms with Gasteiger partial charge in [-0.15, -0.1) is 0 Å². The molecule has 2 aliphatic carbocycles. The zero-order valence-electron chi connectivity index (χ0n) is 14.4. The number of aromatic hydroxyl groups is 1. The van der Waals surface area contributed by atoms with Crippen LogP contribution in [-0.2, 0) is 5.41 Å². The van der Waals surface area contributed by atoms with Gasteiger partial charge in [-0.05, 0) is 72.6 Å². The maximum Gasteiger partial charge on any atom is 0.130 e. The van der Waals surface area contributed by atoms with Gasteiger partial charge in [-0.3, -0.25) is 0 Å². The molecular formula is C25H15BrO. The minimum absolute atomic E-state index is 0.280. The van der Waals surface area contributed by atoms with E-state index in [1.807, 2.05) is 6.07 Å². The number of hydrogen-bond donors (Lipinski definition) is 1. The number of halogens is 1. The van der Waals surface area contributed by atoms with Crippen molar-refractivity contribution in [1.29, 1.82) is 0 Å². The first kappa shape index (κ1) is 15.2. The molecule has 4 aromatic rings. The normalized spacial score (nSPS) is 14.6. The average Bonchev–Trinajstić information content (AvgIpc) is 3.16. The lowest BCUT2D eigenvalue weighted by molar-refractivity contribution is 0.470.